The lowest BCUT2D eigenvalue weighted by Crippen LogP contribution is -2.31. The number of carboxylic acids is 1. The molecule has 2 aromatic carbocycles. The molecule has 25 heavy (non-hydrogen) atoms. The van der Waals surface area contributed by atoms with Crippen LogP contribution in [0.5, 0.6) is 0 Å². The summed E-state index contributed by atoms with van der Waals surface area (Å²) in [5.41, 5.74) is 1.59. The molecular weight excluding hydrogens is 385 g/mol. The SMILES string of the molecule is O=C([O-])c1cc(S(=O)(=O)N[C@@H]2CCCc3ccccc32)c(Cl)cc1Cl. The highest BCUT2D eigenvalue weighted by Crippen LogP contribution is 2.33. The minimum Gasteiger partial charge on any atom is -0.545 e. The molecule has 132 valence electrons. The Morgan fingerprint density at radius 2 is 1.88 bits per heavy atom. The zero-order chi connectivity index (χ0) is 18.2. The van der Waals surface area contributed by atoms with E-state index in [1.807, 2.05) is 24.3 Å². The number of nitrogens with one attached hydrogen (secondary N) is 1. The molecule has 0 spiro atoms. The quantitative estimate of drug-likeness (QED) is 0.857. The second kappa shape index (κ2) is 6.96. The molecule has 1 atom stereocenters. The molecule has 1 N–H and O–H groups in total. The summed E-state index contributed by atoms with van der Waals surface area (Å²) in [5, 5.41) is 10.8. The van der Waals surface area contributed by atoms with E-state index in [9.17, 15) is 18.3 Å². The minimum atomic E-state index is -4.04. The fraction of sp³-hybridized carbons (Fsp3) is 0.235. The molecule has 0 saturated carbocycles. The van der Waals surface area contributed by atoms with Crippen LogP contribution in [0.4, 0.5) is 0 Å². The van der Waals surface area contributed by atoms with Crippen LogP contribution in [0.15, 0.2) is 41.3 Å². The summed E-state index contributed by atoms with van der Waals surface area (Å²) >= 11 is 11.8. The number of sulfonamides is 1. The molecule has 0 amide bonds. The van der Waals surface area contributed by atoms with Gasteiger partial charge in [0.1, 0.15) is 4.90 Å². The molecule has 0 fully saturated rings. The number of hydrogen-bond acceptors (Lipinski definition) is 4. The van der Waals surface area contributed by atoms with Crippen molar-refractivity contribution in [3.63, 3.8) is 0 Å². The molecule has 3 rings (SSSR count). The molecule has 0 bridgehead atoms. The van der Waals surface area contributed by atoms with Crippen LogP contribution in [0.1, 0.15) is 40.4 Å². The van der Waals surface area contributed by atoms with Crippen LogP contribution in [0.2, 0.25) is 10.0 Å². The van der Waals surface area contributed by atoms with E-state index in [-0.39, 0.29) is 14.9 Å². The smallest absolute Gasteiger partial charge is 0.242 e. The molecule has 0 heterocycles. The summed E-state index contributed by atoms with van der Waals surface area (Å²) in [6.07, 6.45) is 2.39. The maximum Gasteiger partial charge on any atom is 0.242 e. The van der Waals surface area contributed by atoms with Gasteiger partial charge < -0.3 is 9.90 Å². The van der Waals surface area contributed by atoms with Gasteiger partial charge in [0, 0.05) is 11.6 Å². The second-order valence-electron chi connectivity index (χ2n) is 5.81. The van der Waals surface area contributed by atoms with Crippen LogP contribution in [0.3, 0.4) is 0 Å². The van der Waals surface area contributed by atoms with Crippen LogP contribution in [-0.4, -0.2) is 14.4 Å². The Morgan fingerprint density at radius 3 is 2.60 bits per heavy atom. The number of hydrogen-bond donors (Lipinski definition) is 1. The summed E-state index contributed by atoms with van der Waals surface area (Å²) < 4.78 is 28.2. The summed E-state index contributed by atoms with van der Waals surface area (Å²) in [7, 11) is -4.04. The van der Waals surface area contributed by atoms with Crippen LogP contribution in [0.25, 0.3) is 0 Å². The van der Waals surface area contributed by atoms with Gasteiger partial charge in [0.05, 0.1) is 16.0 Å². The molecule has 0 saturated heterocycles. The van der Waals surface area contributed by atoms with Crippen LogP contribution in [0, 0.1) is 0 Å². The zero-order valence-electron chi connectivity index (χ0n) is 13.0. The maximum absolute atomic E-state index is 12.8. The summed E-state index contributed by atoms with van der Waals surface area (Å²) in [6.45, 7) is 0. The Balaban J connectivity index is 1.99. The van der Waals surface area contributed by atoms with Gasteiger partial charge >= 0.3 is 0 Å². The molecule has 0 radical (unpaired) electrons. The number of carboxylic acid groups (broad SMARTS) is 1. The number of aryl methyl sites for hydroxylation is 1. The fourth-order valence-electron chi connectivity index (χ4n) is 3.02. The van der Waals surface area contributed by atoms with Crippen molar-refractivity contribution in [1.82, 2.24) is 4.72 Å². The summed E-state index contributed by atoms with van der Waals surface area (Å²) in [6, 6.07) is 9.26. The van der Waals surface area contributed by atoms with E-state index in [4.69, 9.17) is 23.2 Å². The number of fused-ring (bicyclic) bond motifs is 1. The van der Waals surface area contributed by atoms with E-state index in [0.29, 0.717) is 6.42 Å². The van der Waals surface area contributed by atoms with Crippen molar-refractivity contribution >= 4 is 39.2 Å². The highest BCUT2D eigenvalue weighted by atomic mass is 35.5. The average Bonchev–Trinajstić information content (AvgIpc) is 2.54. The Bertz CT molecular complexity index is 944. The van der Waals surface area contributed by atoms with Crippen molar-refractivity contribution in [3.8, 4) is 0 Å². The first kappa shape index (κ1) is 18.2. The second-order valence-corrected chi connectivity index (χ2v) is 8.31. The molecule has 0 unspecified atom stereocenters. The van der Waals surface area contributed by atoms with Gasteiger partial charge in [-0.2, -0.15) is 0 Å². The number of benzene rings is 2. The fourth-order valence-corrected chi connectivity index (χ4v) is 5.12. The summed E-state index contributed by atoms with van der Waals surface area (Å²) in [4.78, 5) is 10.8. The Kier molecular flexibility index (Phi) is 5.06. The van der Waals surface area contributed by atoms with E-state index in [1.54, 1.807) is 0 Å². The average molecular weight is 399 g/mol. The lowest BCUT2D eigenvalue weighted by molar-refractivity contribution is -0.255. The molecule has 0 aliphatic heterocycles. The number of aromatic carboxylic acids is 1. The summed E-state index contributed by atoms with van der Waals surface area (Å²) in [5.74, 6) is -1.57. The molecule has 1 aliphatic rings. The van der Waals surface area contributed by atoms with Gasteiger partial charge in [-0.25, -0.2) is 13.1 Å². The van der Waals surface area contributed by atoms with Gasteiger partial charge in [0.25, 0.3) is 0 Å². The lowest BCUT2D eigenvalue weighted by atomic mass is 9.88. The van der Waals surface area contributed by atoms with Crippen molar-refractivity contribution in [1.29, 1.82) is 0 Å². The lowest BCUT2D eigenvalue weighted by Gasteiger charge is -2.26. The molecule has 5 nitrogen and oxygen atoms in total. The Morgan fingerprint density at radius 1 is 1.16 bits per heavy atom. The Labute approximate surface area is 155 Å². The van der Waals surface area contributed by atoms with Gasteiger partial charge in [0.15, 0.2) is 0 Å². The number of carbonyl (C=O) groups excluding carboxylic acids is 1. The molecule has 8 heteroatoms. The van der Waals surface area contributed by atoms with Crippen molar-refractivity contribution in [2.24, 2.45) is 0 Å². The van der Waals surface area contributed by atoms with E-state index in [2.05, 4.69) is 4.72 Å². The van der Waals surface area contributed by atoms with Crippen LogP contribution in [-0.2, 0) is 16.4 Å². The van der Waals surface area contributed by atoms with Gasteiger partial charge in [-0.1, -0.05) is 47.5 Å². The topological polar surface area (TPSA) is 86.3 Å². The Hall–Kier alpha value is -1.60. The highest BCUT2D eigenvalue weighted by Gasteiger charge is 2.27. The normalized spacial score (nSPS) is 17.1. The third kappa shape index (κ3) is 3.67. The molecule has 1 aliphatic carbocycles. The van der Waals surface area contributed by atoms with Crippen LogP contribution < -0.4 is 9.83 Å². The van der Waals surface area contributed by atoms with Gasteiger partial charge in [-0.05, 0) is 42.5 Å². The van der Waals surface area contributed by atoms with E-state index >= 15 is 0 Å². The van der Waals surface area contributed by atoms with Crippen molar-refractivity contribution in [2.45, 2.75) is 30.2 Å². The molecular formula is C17H14Cl2NO4S-. The van der Waals surface area contributed by atoms with E-state index < -0.39 is 27.6 Å². The zero-order valence-corrected chi connectivity index (χ0v) is 15.3. The number of rotatable bonds is 4. The predicted molar refractivity (Wildman–Crippen MR) is 93.2 cm³/mol. The third-order valence-electron chi connectivity index (χ3n) is 4.20. The first-order valence-corrected chi connectivity index (χ1v) is 9.84. The number of halogens is 2. The maximum atomic E-state index is 12.8. The first-order chi connectivity index (χ1) is 11.8. The van der Waals surface area contributed by atoms with Gasteiger partial charge in [-0.15, -0.1) is 0 Å². The van der Waals surface area contributed by atoms with Crippen molar-refractivity contribution < 1.29 is 18.3 Å². The predicted octanol–water partition coefficient (Wildman–Crippen LogP) is 2.71. The first-order valence-electron chi connectivity index (χ1n) is 7.60. The molecule has 0 aromatic heterocycles. The standard InChI is InChI=1S/C17H15Cl2NO4S/c18-13-9-14(19)16(8-12(13)17(21)22)25(23,24)20-15-7-3-5-10-4-1-2-6-11(10)15/h1-2,4,6,8-9,15,20H,3,5,7H2,(H,21,22)/p-1/t15-/m1/s1. The van der Waals surface area contributed by atoms with Gasteiger partial charge in [-0.3, -0.25) is 0 Å². The van der Waals surface area contributed by atoms with E-state index in [1.165, 1.54) is 0 Å². The minimum absolute atomic E-state index is 0.147. The third-order valence-corrected chi connectivity index (χ3v) is 6.45. The van der Waals surface area contributed by atoms with Crippen molar-refractivity contribution in [2.75, 3.05) is 0 Å². The van der Waals surface area contributed by atoms with E-state index in [0.717, 1.165) is 36.1 Å². The van der Waals surface area contributed by atoms with Crippen molar-refractivity contribution in [3.05, 3.63) is 63.1 Å². The van der Waals surface area contributed by atoms with Crippen LogP contribution >= 0.6 is 23.2 Å². The number of carbonyl (C=O) groups is 1. The monoisotopic (exact) mass is 398 g/mol. The highest BCUT2D eigenvalue weighted by molar-refractivity contribution is 7.89. The largest absolute Gasteiger partial charge is 0.545 e. The van der Waals surface area contributed by atoms with Gasteiger partial charge in [0.2, 0.25) is 10.0 Å². The molecule has 2 aromatic rings.